The molecule has 3 rings (SSSR count). The first-order chi connectivity index (χ1) is 13.8. The number of nitrogens with zero attached hydrogens (tertiary/aromatic N) is 5. The topological polar surface area (TPSA) is 173 Å². The van der Waals surface area contributed by atoms with Crippen molar-refractivity contribution in [2.24, 2.45) is 5.73 Å². The van der Waals surface area contributed by atoms with Gasteiger partial charge in [-0.1, -0.05) is 12.8 Å². The lowest BCUT2D eigenvalue weighted by molar-refractivity contribution is 0.400. The molecule has 1 aromatic carbocycles. The van der Waals surface area contributed by atoms with E-state index in [2.05, 4.69) is 15.5 Å². The summed E-state index contributed by atoms with van der Waals surface area (Å²) in [5, 5.41) is 29.8. The summed E-state index contributed by atoms with van der Waals surface area (Å²) in [6.07, 6.45) is 2.18. The van der Waals surface area contributed by atoms with Crippen LogP contribution >= 0.6 is 0 Å². The molecule has 0 saturated carbocycles. The first-order valence-corrected chi connectivity index (χ1v) is 11.3. The highest BCUT2D eigenvalue weighted by Crippen LogP contribution is 2.29. The fraction of sp³-hybridized carbons (Fsp3) is 0.562. The second-order valence-electron chi connectivity index (χ2n) is 7.21. The Hall–Kier alpha value is -2.22. The number of tetrazole rings is 1. The van der Waals surface area contributed by atoms with Gasteiger partial charge >= 0.3 is 7.12 Å². The molecule has 0 radical (unpaired) electrons. The van der Waals surface area contributed by atoms with Crippen molar-refractivity contribution in [2.45, 2.75) is 31.6 Å². The Labute approximate surface area is 169 Å². The van der Waals surface area contributed by atoms with Gasteiger partial charge in [0.15, 0.2) is 15.7 Å². The quantitative estimate of drug-likeness (QED) is 0.237. The maximum atomic E-state index is 11.8. The molecule has 29 heavy (non-hydrogen) atoms. The first-order valence-electron chi connectivity index (χ1n) is 9.52. The highest BCUT2D eigenvalue weighted by molar-refractivity contribution is 7.91. The second-order valence-corrected chi connectivity index (χ2v) is 9.51. The van der Waals surface area contributed by atoms with Gasteiger partial charge in [0, 0.05) is 18.8 Å². The minimum atomic E-state index is -3.01. The normalized spacial score (nSPS) is 17.3. The second kappa shape index (κ2) is 9.07. The van der Waals surface area contributed by atoms with Crippen LogP contribution in [0.1, 0.15) is 31.1 Å². The molecule has 2 aromatic rings. The summed E-state index contributed by atoms with van der Waals surface area (Å²) in [7, 11) is -4.33. The molecule has 1 aromatic heterocycles. The van der Waals surface area contributed by atoms with Gasteiger partial charge in [-0.2, -0.15) is 4.68 Å². The van der Waals surface area contributed by atoms with E-state index in [4.69, 9.17) is 21.5 Å². The molecule has 1 aliphatic heterocycles. The van der Waals surface area contributed by atoms with E-state index in [0.717, 1.165) is 5.69 Å². The summed E-state index contributed by atoms with van der Waals surface area (Å²) in [5.41, 5.74) is 14.2. The third-order valence-corrected chi connectivity index (χ3v) is 6.57. The molecule has 1 aliphatic rings. The number of unbranched alkanes of at least 4 members (excludes halogenated alkanes) is 1. The molecule has 2 heterocycles. The summed E-state index contributed by atoms with van der Waals surface area (Å²) in [6.45, 7) is 0.762. The molecule has 0 spiro atoms. The Morgan fingerprint density at radius 2 is 1.90 bits per heavy atom. The van der Waals surface area contributed by atoms with Gasteiger partial charge in [-0.25, -0.2) is 8.42 Å². The zero-order chi connectivity index (χ0) is 21.0. The van der Waals surface area contributed by atoms with E-state index in [0.29, 0.717) is 49.6 Å². The van der Waals surface area contributed by atoms with Crippen molar-refractivity contribution in [3.63, 3.8) is 0 Å². The number of aromatic nitrogens is 4. The van der Waals surface area contributed by atoms with Gasteiger partial charge in [0.05, 0.1) is 28.9 Å². The molecule has 1 unspecified atom stereocenters. The van der Waals surface area contributed by atoms with Crippen molar-refractivity contribution in [3.8, 4) is 5.69 Å². The van der Waals surface area contributed by atoms with Gasteiger partial charge in [0.2, 0.25) is 0 Å². The van der Waals surface area contributed by atoms with E-state index in [1.165, 1.54) is 0 Å². The van der Waals surface area contributed by atoms with Gasteiger partial charge in [0.25, 0.3) is 0 Å². The van der Waals surface area contributed by atoms with E-state index in [1.54, 1.807) is 16.8 Å². The minimum Gasteiger partial charge on any atom is -0.427 e. The number of anilines is 2. The van der Waals surface area contributed by atoms with Crippen molar-refractivity contribution in [3.05, 3.63) is 24.0 Å². The molecule has 1 atom stereocenters. The average molecular weight is 423 g/mol. The van der Waals surface area contributed by atoms with Crippen LogP contribution in [-0.4, -0.2) is 70.4 Å². The van der Waals surface area contributed by atoms with Crippen molar-refractivity contribution in [2.75, 3.05) is 35.2 Å². The lowest BCUT2D eigenvalue weighted by Gasteiger charge is -2.30. The summed E-state index contributed by atoms with van der Waals surface area (Å²) in [4.78, 5) is 1.98. The maximum Gasteiger partial charge on any atom is 0.451 e. The van der Waals surface area contributed by atoms with E-state index in [1.807, 2.05) is 11.0 Å². The number of benzene rings is 1. The molecular formula is C16H26BN7O4S. The van der Waals surface area contributed by atoms with Crippen molar-refractivity contribution >= 4 is 28.3 Å². The molecule has 6 N–H and O–H groups in total. The third-order valence-electron chi connectivity index (χ3n) is 4.97. The van der Waals surface area contributed by atoms with E-state index >= 15 is 0 Å². The van der Waals surface area contributed by atoms with E-state index in [-0.39, 0.29) is 17.8 Å². The monoisotopic (exact) mass is 423 g/mol. The van der Waals surface area contributed by atoms with Crippen molar-refractivity contribution in [1.29, 1.82) is 0 Å². The van der Waals surface area contributed by atoms with Gasteiger partial charge in [-0.15, -0.1) is 5.10 Å². The SMILES string of the molecule is Nc1ccc(N2CCS(=O)(=O)CC2)c(-n2nnnc2C(N)CCCCB(O)O)c1. The Balaban J connectivity index is 1.82. The van der Waals surface area contributed by atoms with Crippen LogP contribution in [0, 0.1) is 0 Å². The van der Waals surface area contributed by atoms with Crippen LogP contribution in [0.4, 0.5) is 11.4 Å². The van der Waals surface area contributed by atoms with Gasteiger partial charge in [-0.3, -0.25) is 0 Å². The molecule has 1 fully saturated rings. The minimum absolute atomic E-state index is 0.0928. The zero-order valence-corrected chi connectivity index (χ0v) is 16.9. The lowest BCUT2D eigenvalue weighted by Crippen LogP contribution is -2.40. The fourth-order valence-corrected chi connectivity index (χ4v) is 4.55. The third kappa shape index (κ3) is 5.44. The number of rotatable bonds is 8. The lowest BCUT2D eigenvalue weighted by atomic mass is 9.83. The van der Waals surface area contributed by atoms with Crippen molar-refractivity contribution < 1.29 is 18.5 Å². The predicted molar refractivity (Wildman–Crippen MR) is 110 cm³/mol. The number of nitrogens with two attached hydrogens (primary N) is 2. The van der Waals surface area contributed by atoms with E-state index in [9.17, 15) is 8.42 Å². The number of nitrogen functional groups attached to an aromatic ring is 1. The summed E-state index contributed by atoms with van der Waals surface area (Å²) in [5.74, 6) is 0.649. The Kier molecular flexibility index (Phi) is 6.72. The molecule has 0 bridgehead atoms. The van der Waals surface area contributed by atoms with Gasteiger partial charge in [0.1, 0.15) is 0 Å². The summed E-state index contributed by atoms with van der Waals surface area (Å²) >= 11 is 0. The Bertz CT molecular complexity index is 923. The Morgan fingerprint density at radius 3 is 2.59 bits per heavy atom. The van der Waals surface area contributed by atoms with Crippen molar-refractivity contribution in [1.82, 2.24) is 20.2 Å². The molecule has 0 amide bonds. The first kappa shape index (κ1) is 21.5. The van der Waals surface area contributed by atoms with Crippen LogP contribution in [0.5, 0.6) is 0 Å². The summed E-state index contributed by atoms with van der Waals surface area (Å²) in [6, 6.07) is 4.89. The van der Waals surface area contributed by atoms with E-state index < -0.39 is 23.0 Å². The molecule has 11 nitrogen and oxygen atoms in total. The maximum absolute atomic E-state index is 11.8. The standard InChI is InChI=1S/C16H26BN7O4S/c18-12-4-5-14(23-7-9-29(27,28)10-8-23)15(11-12)24-16(20-21-22-24)13(19)3-1-2-6-17(25)26/h4-5,11,13,25-26H,1-3,6-10,18-19H2. The van der Waals surface area contributed by atoms with Crippen LogP contribution in [0.3, 0.4) is 0 Å². The number of hydrogen-bond donors (Lipinski definition) is 4. The zero-order valence-electron chi connectivity index (χ0n) is 16.1. The van der Waals surface area contributed by atoms with Gasteiger partial charge in [-0.05, 0) is 41.4 Å². The predicted octanol–water partition coefficient (Wildman–Crippen LogP) is -0.878. The Morgan fingerprint density at radius 1 is 1.17 bits per heavy atom. The summed E-state index contributed by atoms with van der Waals surface area (Å²) < 4.78 is 25.1. The fourth-order valence-electron chi connectivity index (χ4n) is 3.35. The molecule has 13 heteroatoms. The average Bonchev–Trinajstić information content (AvgIpc) is 3.15. The van der Waals surface area contributed by atoms with Crippen LogP contribution in [0.15, 0.2) is 18.2 Å². The molecular weight excluding hydrogens is 397 g/mol. The van der Waals surface area contributed by atoms with Crippen LogP contribution in [-0.2, 0) is 9.84 Å². The molecule has 1 saturated heterocycles. The van der Waals surface area contributed by atoms with Crippen LogP contribution in [0.2, 0.25) is 6.32 Å². The number of hydrogen-bond acceptors (Lipinski definition) is 10. The van der Waals surface area contributed by atoms with Gasteiger partial charge < -0.3 is 26.4 Å². The highest BCUT2D eigenvalue weighted by Gasteiger charge is 2.26. The molecule has 158 valence electrons. The number of sulfone groups is 1. The smallest absolute Gasteiger partial charge is 0.427 e. The largest absolute Gasteiger partial charge is 0.451 e. The van der Waals surface area contributed by atoms with Crippen LogP contribution in [0.25, 0.3) is 5.69 Å². The highest BCUT2D eigenvalue weighted by atomic mass is 32.2. The van der Waals surface area contributed by atoms with Crippen LogP contribution < -0.4 is 16.4 Å². The molecule has 0 aliphatic carbocycles.